The Morgan fingerprint density at radius 2 is 1.54 bits per heavy atom. The molecule has 0 aromatic heterocycles. The molecule has 5 heteroatoms. The average molecular weight is 357 g/mol. The zero-order chi connectivity index (χ0) is 18.7. The standard InChI is InChI=1S/C21H31N3O2/c1-4-21(3)13-19(25)24(20(26)14-21)16-23-11-9-22(10-12-23)15-18-8-6-5-7-17(18)2/h5-8H,4,9-16H2,1-3H3. The Hall–Kier alpha value is -1.72. The SMILES string of the molecule is CCC1(C)CC(=O)N(CN2CCN(Cc3ccccc3C)CC2)C(=O)C1. The third-order valence-electron chi connectivity index (χ3n) is 6.07. The first-order valence-electron chi connectivity index (χ1n) is 9.72. The molecule has 0 aliphatic carbocycles. The van der Waals surface area contributed by atoms with Gasteiger partial charge in [0, 0.05) is 45.6 Å². The van der Waals surface area contributed by atoms with Crippen LogP contribution < -0.4 is 0 Å². The van der Waals surface area contributed by atoms with Gasteiger partial charge >= 0.3 is 0 Å². The van der Waals surface area contributed by atoms with Crippen LogP contribution in [0.4, 0.5) is 0 Å². The van der Waals surface area contributed by atoms with E-state index < -0.39 is 0 Å². The van der Waals surface area contributed by atoms with Crippen molar-refractivity contribution in [1.82, 2.24) is 14.7 Å². The van der Waals surface area contributed by atoms with Gasteiger partial charge in [0.25, 0.3) is 0 Å². The van der Waals surface area contributed by atoms with Crippen molar-refractivity contribution >= 4 is 11.8 Å². The first-order valence-corrected chi connectivity index (χ1v) is 9.72. The van der Waals surface area contributed by atoms with Crippen LogP contribution >= 0.6 is 0 Å². The fraction of sp³-hybridized carbons (Fsp3) is 0.619. The molecule has 0 N–H and O–H groups in total. The lowest BCUT2D eigenvalue weighted by Crippen LogP contribution is -2.55. The maximum atomic E-state index is 12.5. The summed E-state index contributed by atoms with van der Waals surface area (Å²) in [5.74, 6) is -0.0131. The van der Waals surface area contributed by atoms with E-state index in [0.717, 1.165) is 39.1 Å². The molecule has 26 heavy (non-hydrogen) atoms. The smallest absolute Gasteiger partial charge is 0.230 e. The molecule has 2 heterocycles. The normalized spacial score (nSPS) is 22.0. The molecule has 0 atom stereocenters. The average Bonchev–Trinajstić information content (AvgIpc) is 2.61. The van der Waals surface area contributed by atoms with Crippen LogP contribution in [-0.2, 0) is 16.1 Å². The van der Waals surface area contributed by atoms with Gasteiger partial charge in [0.15, 0.2) is 0 Å². The molecule has 3 rings (SSSR count). The predicted octanol–water partition coefficient (Wildman–Crippen LogP) is 2.64. The van der Waals surface area contributed by atoms with Crippen LogP contribution in [-0.4, -0.2) is 59.4 Å². The van der Waals surface area contributed by atoms with Crippen LogP contribution in [0.3, 0.4) is 0 Å². The number of rotatable bonds is 5. The van der Waals surface area contributed by atoms with E-state index in [-0.39, 0.29) is 17.2 Å². The second kappa shape index (κ2) is 7.89. The van der Waals surface area contributed by atoms with E-state index in [9.17, 15) is 9.59 Å². The van der Waals surface area contributed by atoms with Crippen LogP contribution in [0.25, 0.3) is 0 Å². The Morgan fingerprint density at radius 3 is 2.12 bits per heavy atom. The maximum Gasteiger partial charge on any atom is 0.230 e. The van der Waals surface area contributed by atoms with Gasteiger partial charge in [-0.15, -0.1) is 0 Å². The van der Waals surface area contributed by atoms with Gasteiger partial charge in [-0.05, 0) is 29.9 Å². The largest absolute Gasteiger partial charge is 0.297 e. The van der Waals surface area contributed by atoms with Gasteiger partial charge in [0.1, 0.15) is 0 Å². The molecular weight excluding hydrogens is 326 g/mol. The number of nitrogens with zero attached hydrogens (tertiary/aromatic N) is 3. The van der Waals surface area contributed by atoms with Crippen molar-refractivity contribution in [1.29, 1.82) is 0 Å². The molecule has 0 saturated carbocycles. The topological polar surface area (TPSA) is 43.9 Å². The van der Waals surface area contributed by atoms with E-state index in [2.05, 4.69) is 47.9 Å². The van der Waals surface area contributed by atoms with E-state index in [1.807, 2.05) is 6.92 Å². The lowest BCUT2D eigenvalue weighted by atomic mass is 9.77. The van der Waals surface area contributed by atoms with Gasteiger partial charge in [0.05, 0.1) is 6.67 Å². The molecule has 2 fully saturated rings. The van der Waals surface area contributed by atoms with Crippen LogP contribution in [0.5, 0.6) is 0 Å². The zero-order valence-corrected chi connectivity index (χ0v) is 16.3. The molecule has 1 aromatic rings. The summed E-state index contributed by atoms with van der Waals surface area (Å²) in [6.07, 6.45) is 1.85. The fourth-order valence-electron chi connectivity index (χ4n) is 3.85. The number of carbonyl (C=O) groups excluding carboxylic acids is 2. The van der Waals surface area contributed by atoms with Gasteiger partial charge in [0.2, 0.25) is 11.8 Å². The summed E-state index contributed by atoms with van der Waals surface area (Å²) in [6, 6.07) is 8.52. The number of benzene rings is 1. The van der Waals surface area contributed by atoms with Gasteiger partial charge < -0.3 is 0 Å². The van der Waals surface area contributed by atoms with E-state index >= 15 is 0 Å². The number of aryl methyl sites for hydroxylation is 1. The van der Waals surface area contributed by atoms with Crippen molar-refractivity contribution in [2.24, 2.45) is 5.41 Å². The van der Waals surface area contributed by atoms with E-state index in [4.69, 9.17) is 0 Å². The van der Waals surface area contributed by atoms with Gasteiger partial charge in [-0.1, -0.05) is 38.1 Å². The first-order chi connectivity index (χ1) is 12.4. The molecule has 2 amide bonds. The Labute approximate surface area is 156 Å². The lowest BCUT2D eigenvalue weighted by Gasteiger charge is -2.41. The molecule has 1 aromatic carbocycles. The Kier molecular flexibility index (Phi) is 5.78. The third-order valence-corrected chi connectivity index (χ3v) is 6.07. The minimum atomic E-state index is -0.156. The van der Waals surface area contributed by atoms with Crippen LogP contribution in [0.2, 0.25) is 0 Å². The third kappa shape index (κ3) is 4.33. The predicted molar refractivity (Wildman–Crippen MR) is 102 cm³/mol. The quantitative estimate of drug-likeness (QED) is 0.760. The molecule has 2 saturated heterocycles. The van der Waals surface area contributed by atoms with Crippen LogP contribution in [0, 0.1) is 12.3 Å². The molecule has 2 aliphatic rings. The van der Waals surface area contributed by atoms with Gasteiger partial charge in [-0.2, -0.15) is 0 Å². The summed E-state index contributed by atoms with van der Waals surface area (Å²) in [4.78, 5) is 31.1. The summed E-state index contributed by atoms with van der Waals surface area (Å²) in [6.45, 7) is 11.4. The molecule has 0 unspecified atom stereocenters. The van der Waals surface area contributed by atoms with Crippen molar-refractivity contribution in [3.8, 4) is 0 Å². The monoisotopic (exact) mass is 357 g/mol. The zero-order valence-electron chi connectivity index (χ0n) is 16.3. The molecule has 2 aliphatic heterocycles. The maximum absolute atomic E-state index is 12.5. The Morgan fingerprint density at radius 1 is 0.962 bits per heavy atom. The van der Waals surface area contributed by atoms with Crippen LogP contribution in [0.1, 0.15) is 44.2 Å². The van der Waals surface area contributed by atoms with Crippen molar-refractivity contribution in [2.75, 3.05) is 32.8 Å². The van der Waals surface area contributed by atoms with Gasteiger partial charge in [-0.3, -0.25) is 24.3 Å². The highest BCUT2D eigenvalue weighted by Crippen LogP contribution is 2.35. The van der Waals surface area contributed by atoms with Crippen molar-refractivity contribution in [3.63, 3.8) is 0 Å². The first kappa shape index (κ1) is 19.1. The minimum Gasteiger partial charge on any atom is -0.297 e. The number of amides is 2. The van der Waals surface area contributed by atoms with Gasteiger partial charge in [-0.25, -0.2) is 0 Å². The number of imide groups is 1. The number of hydrogen-bond donors (Lipinski definition) is 0. The van der Waals surface area contributed by atoms with E-state index in [1.54, 1.807) is 0 Å². The highest BCUT2D eigenvalue weighted by molar-refractivity contribution is 5.98. The highest BCUT2D eigenvalue weighted by atomic mass is 16.2. The highest BCUT2D eigenvalue weighted by Gasteiger charge is 2.39. The molecular formula is C21H31N3O2. The summed E-state index contributed by atoms with van der Waals surface area (Å²) >= 11 is 0. The molecule has 5 nitrogen and oxygen atoms in total. The number of likely N-dealkylation sites (tertiary alicyclic amines) is 1. The molecule has 0 bridgehead atoms. The van der Waals surface area contributed by atoms with Crippen LogP contribution in [0.15, 0.2) is 24.3 Å². The van der Waals surface area contributed by atoms with Crippen molar-refractivity contribution < 1.29 is 9.59 Å². The summed E-state index contributed by atoms with van der Waals surface area (Å²) in [5, 5.41) is 0. The molecule has 0 radical (unpaired) electrons. The number of piperidine rings is 1. The number of carbonyl (C=O) groups is 2. The van der Waals surface area contributed by atoms with E-state index in [1.165, 1.54) is 16.0 Å². The molecule has 142 valence electrons. The van der Waals surface area contributed by atoms with Crippen molar-refractivity contribution in [2.45, 2.75) is 46.6 Å². The number of hydrogen-bond acceptors (Lipinski definition) is 4. The van der Waals surface area contributed by atoms with E-state index in [0.29, 0.717) is 19.5 Å². The summed E-state index contributed by atoms with van der Waals surface area (Å²) in [7, 11) is 0. The summed E-state index contributed by atoms with van der Waals surface area (Å²) in [5.41, 5.74) is 2.55. The second-order valence-corrected chi connectivity index (χ2v) is 8.20. The second-order valence-electron chi connectivity index (χ2n) is 8.20. The summed E-state index contributed by atoms with van der Waals surface area (Å²) < 4.78 is 0. The number of piperazine rings is 1. The molecule has 0 spiro atoms. The lowest BCUT2D eigenvalue weighted by molar-refractivity contribution is -0.156. The Bertz CT molecular complexity index is 647. The Balaban J connectivity index is 1.50. The van der Waals surface area contributed by atoms with Crippen molar-refractivity contribution in [3.05, 3.63) is 35.4 Å². The fourth-order valence-corrected chi connectivity index (χ4v) is 3.85. The minimum absolute atomic E-state index is 0.00654.